The first kappa shape index (κ1) is 15.8. The highest BCUT2D eigenvalue weighted by molar-refractivity contribution is 7.89. The minimum Gasteiger partial charge on any atom is -0.496 e. The molecule has 2 heterocycles. The number of hydrogen-bond acceptors (Lipinski definition) is 4. The van der Waals surface area contributed by atoms with E-state index in [0.29, 0.717) is 30.1 Å². The molecule has 0 radical (unpaired) electrons. The second kappa shape index (κ2) is 5.83. The molecule has 2 fully saturated rings. The number of nitrogens with one attached hydrogen (secondary N) is 1. The van der Waals surface area contributed by atoms with E-state index in [1.54, 1.807) is 17.5 Å². The van der Waals surface area contributed by atoms with Crippen LogP contribution in [0.25, 0.3) is 0 Å². The lowest BCUT2D eigenvalue weighted by Gasteiger charge is -2.25. The van der Waals surface area contributed by atoms with Crippen LogP contribution in [0, 0.1) is 13.8 Å². The van der Waals surface area contributed by atoms with Crippen LogP contribution in [0.4, 0.5) is 0 Å². The van der Waals surface area contributed by atoms with Gasteiger partial charge >= 0.3 is 0 Å². The third-order valence-electron chi connectivity index (χ3n) is 4.80. The Morgan fingerprint density at radius 2 is 1.86 bits per heavy atom. The number of sulfonamides is 1. The summed E-state index contributed by atoms with van der Waals surface area (Å²) in [6, 6.07) is 4.32. The van der Waals surface area contributed by atoms with Crippen molar-refractivity contribution in [2.45, 2.75) is 50.1 Å². The second-order valence-corrected chi connectivity index (χ2v) is 8.28. The number of hydrogen-bond donors (Lipinski definition) is 1. The Balaban J connectivity index is 1.94. The van der Waals surface area contributed by atoms with Gasteiger partial charge in [-0.05, 0) is 56.4 Å². The van der Waals surface area contributed by atoms with Crippen molar-refractivity contribution in [3.63, 3.8) is 0 Å². The standard InChI is InChI=1S/C16H24N2O3S/c1-11-9-16(12(2)8-15(11)21-3)22(19,20)18-7-6-13-4-5-14(10-18)17-13/h8-9,13-14,17H,4-7,10H2,1-3H3. The van der Waals surface area contributed by atoms with Gasteiger partial charge in [0.05, 0.1) is 12.0 Å². The van der Waals surface area contributed by atoms with Crippen molar-refractivity contribution < 1.29 is 13.2 Å². The molecule has 0 amide bonds. The summed E-state index contributed by atoms with van der Waals surface area (Å²) in [7, 11) is -1.84. The van der Waals surface area contributed by atoms with Gasteiger partial charge in [-0.3, -0.25) is 0 Å². The summed E-state index contributed by atoms with van der Waals surface area (Å²) in [4.78, 5) is 0.406. The Bertz CT molecular complexity index is 672. The predicted molar refractivity (Wildman–Crippen MR) is 85.8 cm³/mol. The molecule has 1 N–H and O–H groups in total. The fourth-order valence-corrected chi connectivity index (χ4v) is 5.32. The average Bonchev–Trinajstić information content (AvgIpc) is 2.79. The van der Waals surface area contributed by atoms with Crippen LogP contribution in [0.5, 0.6) is 5.75 Å². The smallest absolute Gasteiger partial charge is 0.243 e. The third-order valence-corrected chi connectivity index (χ3v) is 6.80. The highest BCUT2D eigenvalue weighted by Gasteiger charge is 2.35. The maximum atomic E-state index is 13.0. The number of fused-ring (bicyclic) bond motifs is 2. The van der Waals surface area contributed by atoms with Gasteiger partial charge in [-0.2, -0.15) is 4.31 Å². The zero-order valence-electron chi connectivity index (χ0n) is 13.4. The van der Waals surface area contributed by atoms with Crippen LogP contribution in [0.2, 0.25) is 0 Å². The first-order valence-corrected chi connectivity index (χ1v) is 9.27. The molecule has 22 heavy (non-hydrogen) atoms. The highest BCUT2D eigenvalue weighted by Crippen LogP contribution is 2.30. The van der Waals surface area contributed by atoms with Gasteiger partial charge in [-0.25, -0.2) is 8.42 Å². The number of benzene rings is 1. The first-order valence-electron chi connectivity index (χ1n) is 7.83. The molecular formula is C16H24N2O3S. The zero-order valence-corrected chi connectivity index (χ0v) is 14.2. The lowest BCUT2D eigenvalue weighted by molar-refractivity contribution is 0.382. The summed E-state index contributed by atoms with van der Waals surface area (Å²) >= 11 is 0. The van der Waals surface area contributed by atoms with E-state index in [4.69, 9.17) is 4.74 Å². The molecule has 0 aromatic heterocycles. The van der Waals surface area contributed by atoms with Gasteiger partial charge in [0.2, 0.25) is 10.0 Å². The monoisotopic (exact) mass is 324 g/mol. The number of ether oxygens (including phenoxy) is 1. The van der Waals surface area contributed by atoms with Crippen LogP contribution < -0.4 is 10.1 Å². The molecule has 6 heteroatoms. The Kier molecular flexibility index (Phi) is 4.18. The molecule has 5 nitrogen and oxygen atoms in total. The van der Waals surface area contributed by atoms with E-state index < -0.39 is 10.0 Å². The van der Waals surface area contributed by atoms with Crippen LogP contribution in [-0.2, 0) is 10.0 Å². The SMILES string of the molecule is COc1cc(C)c(S(=O)(=O)N2CCC3CCC(C2)N3)cc1C. The molecule has 0 spiro atoms. The molecule has 2 atom stereocenters. The van der Waals surface area contributed by atoms with Crippen molar-refractivity contribution in [1.29, 1.82) is 0 Å². The van der Waals surface area contributed by atoms with Gasteiger partial charge < -0.3 is 10.1 Å². The largest absolute Gasteiger partial charge is 0.496 e. The Morgan fingerprint density at radius 3 is 2.59 bits per heavy atom. The topological polar surface area (TPSA) is 58.6 Å². The molecule has 2 bridgehead atoms. The highest BCUT2D eigenvalue weighted by atomic mass is 32.2. The summed E-state index contributed by atoms with van der Waals surface area (Å²) in [6.45, 7) is 4.88. The van der Waals surface area contributed by atoms with Gasteiger partial charge in [-0.1, -0.05) is 0 Å². The van der Waals surface area contributed by atoms with Gasteiger partial charge in [0, 0.05) is 25.2 Å². The first-order chi connectivity index (χ1) is 10.4. The number of aryl methyl sites for hydroxylation is 2. The average molecular weight is 324 g/mol. The van der Waals surface area contributed by atoms with Gasteiger partial charge in [0.1, 0.15) is 5.75 Å². The van der Waals surface area contributed by atoms with Crippen molar-refractivity contribution in [3.05, 3.63) is 23.3 Å². The lowest BCUT2D eigenvalue weighted by Crippen LogP contribution is -2.39. The predicted octanol–water partition coefficient (Wildman–Crippen LogP) is 1.83. The Morgan fingerprint density at radius 1 is 1.14 bits per heavy atom. The van der Waals surface area contributed by atoms with E-state index in [9.17, 15) is 8.42 Å². The van der Waals surface area contributed by atoms with Gasteiger partial charge in [0.15, 0.2) is 0 Å². The van der Waals surface area contributed by atoms with E-state index >= 15 is 0 Å². The Hall–Kier alpha value is -1.11. The van der Waals surface area contributed by atoms with Gasteiger partial charge in [0.25, 0.3) is 0 Å². The van der Waals surface area contributed by atoms with E-state index in [2.05, 4.69) is 5.32 Å². The zero-order chi connectivity index (χ0) is 15.9. The van der Waals surface area contributed by atoms with E-state index in [-0.39, 0.29) is 0 Å². The maximum absolute atomic E-state index is 13.0. The molecule has 3 rings (SSSR count). The molecule has 0 aliphatic carbocycles. The van der Waals surface area contributed by atoms with Crippen molar-refractivity contribution in [1.82, 2.24) is 9.62 Å². The lowest BCUT2D eigenvalue weighted by atomic mass is 10.1. The molecule has 2 unspecified atom stereocenters. The van der Waals surface area contributed by atoms with Crippen LogP contribution in [0.15, 0.2) is 17.0 Å². The van der Waals surface area contributed by atoms with E-state index in [0.717, 1.165) is 29.7 Å². The van der Waals surface area contributed by atoms with Gasteiger partial charge in [-0.15, -0.1) is 0 Å². The molecule has 2 saturated heterocycles. The molecular weight excluding hydrogens is 300 g/mol. The normalized spacial score (nSPS) is 26.0. The van der Waals surface area contributed by atoms with E-state index in [1.165, 1.54) is 6.42 Å². The fourth-order valence-electron chi connectivity index (χ4n) is 3.53. The summed E-state index contributed by atoms with van der Waals surface area (Å²) in [5, 5.41) is 3.52. The maximum Gasteiger partial charge on any atom is 0.243 e. The Labute approximate surface area is 132 Å². The number of methoxy groups -OCH3 is 1. The summed E-state index contributed by atoms with van der Waals surface area (Å²) < 4.78 is 33.0. The van der Waals surface area contributed by atoms with Crippen molar-refractivity contribution in [2.24, 2.45) is 0 Å². The van der Waals surface area contributed by atoms with Crippen LogP contribution in [0.1, 0.15) is 30.4 Å². The van der Waals surface area contributed by atoms with Crippen molar-refractivity contribution in [2.75, 3.05) is 20.2 Å². The molecule has 2 aliphatic heterocycles. The molecule has 1 aromatic carbocycles. The summed E-state index contributed by atoms with van der Waals surface area (Å²) in [5.74, 6) is 0.730. The number of rotatable bonds is 3. The van der Waals surface area contributed by atoms with Crippen LogP contribution in [-0.4, -0.2) is 45.0 Å². The third kappa shape index (κ3) is 2.75. The quantitative estimate of drug-likeness (QED) is 0.921. The molecule has 1 aromatic rings. The van der Waals surface area contributed by atoms with Crippen LogP contribution in [0.3, 0.4) is 0 Å². The number of nitrogens with zero attached hydrogens (tertiary/aromatic N) is 1. The second-order valence-electron chi connectivity index (χ2n) is 6.38. The summed E-state index contributed by atoms with van der Waals surface area (Å²) in [6.07, 6.45) is 3.13. The minimum atomic E-state index is -3.45. The molecule has 2 aliphatic rings. The molecule has 0 saturated carbocycles. The van der Waals surface area contributed by atoms with E-state index in [1.807, 2.05) is 19.9 Å². The summed E-state index contributed by atoms with van der Waals surface area (Å²) in [5.41, 5.74) is 1.59. The fraction of sp³-hybridized carbons (Fsp3) is 0.625. The van der Waals surface area contributed by atoms with Crippen LogP contribution >= 0.6 is 0 Å². The molecule has 122 valence electrons. The minimum absolute atomic E-state index is 0.293. The van der Waals surface area contributed by atoms with Crippen molar-refractivity contribution in [3.8, 4) is 5.75 Å². The van der Waals surface area contributed by atoms with Crippen molar-refractivity contribution >= 4 is 10.0 Å².